The predicted octanol–water partition coefficient (Wildman–Crippen LogP) is 5.14. The molecule has 0 saturated carbocycles. The van der Waals surface area contributed by atoms with Crippen LogP contribution in [0.4, 0.5) is 0 Å². The maximum absolute atomic E-state index is 12.6. The third-order valence-electron chi connectivity index (χ3n) is 6.01. The molecule has 3 heteroatoms. The van der Waals surface area contributed by atoms with Crippen LogP contribution in [0.15, 0.2) is 36.4 Å². The molecule has 2 aliphatic rings. The topological polar surface area (TPSA) is 37.4 Å². The van der Waals surface area contributed by atoms with Crippen LogP contribution in [0.2, 0.25) is 0 Å². The summed E-state index contributed by atoms with van der Waals surface area (Å²) in [5.74, 6) is 0.108. The third kappa shape index (κ3) is 2.74. The molecule has 1 aliphatic carbocycles. The Hall–Kier alpha value is -1.90. The predicted molar refractivity (Wildman–Crippen MR) is 100 cm³/mol. The van der Waals surface area contributed by atoms with Gasteiger partial charge in [0.05, 0.1) is 6.04 Å². The lowest BCUT2D eigenvalue weighted by atomic mass is 9.65. The van der Waals surface area contributed by atoms with Gasteiger partial charge in [-0.3, -0.25) is 14.5 Å². The second-order valence-corrected chi connectivity index (χ2v) is 7.49. The molecule has 1 heterocycles. The fraction of sp³-hybridized carbons (Fsp3) is 0.545. The van der Waals surface area contributed by atoms with Crippen LogP contribution < -0.4 is 0 Å². The van der Waals surface area contributed by atoms with Crippen molar-refractivity contribution in [2.24, 2.45) is 5.41 Å². The van der Waals surface area contributed by atoms with Crippen molar-refractivity contribution in [3.05, 3.63) is 47.5 Å². The van der Waals surface area contributed by atoms with Crippen LogP contribution in [0.3, 0.4) is 0 Å². The fourth-order valence-electron chi connectivity index (χ4n) is 5.36. The molecule has 0 bridgehead atoms. The summed E-state index contributed by atoms with van der Waals surface area (Å²) in [5.41, 5.74) is 2.50. The Bertz CT molecular complexity index is 667. The number of hydrogen-bond acceptors (Lipinski definition) is 2. The minimum atomic E-state index is -0.154. The van der Waals surface area contributed by atoms with E-state index in [4.69, 9.17) is 0 Å². The van der Waals surface area contributed by atoms with Gasteiger partial charge in [0, 0.05) is 17.6 Å². The number of hydrogen-bond donors (Lipinski definition) is 0. The SMILES string of the molecule is CCC[C@H]1c2ccccc2[C@@H](N2C(=O)C=CC2=O)C1(CCC)CCC. The van der Waals surface area contributed by atoms with E-state index < -0.39 is 0 Å². The molecule has 3 rings (SSSR count). The smallest absolute Gasteiger partial charge is 0.254 e. The molecule has 2 amide bonds. The van der Waals surface area contributed by atoms with Crippen molar-refractivity contribution in [3.63, 3.8) is 0 Å². The molecule has 0 N–H and O–H groups in total. The van der Waals surface area contributed by atoms with E-state index in [0.717, 1.165) is 38.5 Å². The second-order valence-electron chi connectivity index (χ2n) is 7.49. The fourth-order valence-corrected chi connectivity index (χ4v) is 5.36. The van der Waals surface area contributed by atoms with E-state index in [1.807, 2.05) is 6.07 Å². The van der Waals surface area contributed by atoms with E-state index in [9.17, 15) is 9.59 Å². The molecule has 3 nitrogen and oxygen atoms in total. The summed E-state index contributed by atoms with van der Waals surface area (Å²) in [4.78, 5) is 26.7. The molecule has 1 aromatic rings. The molecular formula is C22H29NO2. The summed E-state index contributed by atoms with van der Waals surface area (Å²) in [6, 6.07) is 8.36. The number of benzene rings is 1. The first kappa shape index (κ1) is 17.9. The number of carbonyl (C=O) groups excluding carboxylic acids is 2. The summed E-state index contributed by atoms with van der Waals surface area (Å²) in [7, 11) is 0. The van der Waals surface area contributed by atoms with Crippen LogP contribution in [0.5, 0.6) is 0 Å². The quantitative estimate of drug-likeness (QED) is 0.645. The average molecular weight is 339 g/mol. The van der Waals surface area contributed by atoms with Crippen LogP contribution in [-0.4, -0.2) is 16.7 Å². The number of imide groups is 1. The standard InChI is InChI=1S/C22H29NO2/c1-4-9-18-16-10-7-8-11-17(16)21(22(18,14-5-2)15-6-3)23-19(24)12-13-20(23)25/h7-8,10-13,18,21H,4-6,9,14-15H2,1-3H3/t18-,21+/m0/s1. The van der Waals surface area contributed by atoms with Crippen LogP contribution >= 0.6 is 0 Å². The van der Waals surface area contributed by atoms with E-state index >= 15 is 0 Å². The van der Waals surface area contributed by atoms with Gasteiger partial charge < -0.3 is 0 Å². The maximum Gasteiger partial charge on any atom is 0.254 e. The van der Waals surface area contributed by atoms with Crippen molar-refractivity contribution in [1.29, 1.82) is 0 Å². The van der Waals surface area contributed by atoms with Gasteiger partial charge in [-0.25, -0.2) is 0 Å². The van der Waals surface area contributed by atoms with Gasteiger partial charge in [0.2, 0.25) is 0 Å². The van der Waals surface area contributed by atoms with Crippen molar-refractivity contribution in [1.82, 2.24) is 4.90 Å². The molecule has 1 aliphatic heterocycles. The highest BCUT2D eigenvalue weighted by Crippen LogP contribution is 2.63. The number of fused-ring (bicyclic) bond motifs is 1. The van der Waals surface area contributed by atoms with Gasteiger partial charge in [-0.05, 0) is 36.3 Å². The first-order valence-electron chi connectivity index (χ1n) is 9.74. The van der Waals surface area contributed by atoms with Gasteiger partial charge in [-0.2, -0.15) is 0 Å². The summed E-state index contributed by atoms with van der Waals surface area (Å²) < 4.78 is 0. The van der Waals surface area contributed by atoms with E-state index in [0.29, 0.717) is 5.92 Å². The third-order valence-corrected chi connectivity index (χ3v) is 6.01. The summed E-state index contributed by atoms with van der Waals surface area (Å²) >= 11 is 0. The Morgan fingerprint density at radius 1 is 0.880 bits per heavy atom. The van der Waals surface area contributed by atoms with Gasteiger partial charge in [0.25, 0.3) is 11.8 Å². The Morgan fingerprint density at radius 3 is 1.96 bits per heavy atom. The number of nitrogens with zero attached hydrogens (tertiary/aromatic N) is 1. The van der Waals surface area contributed by atoms with Gasteiger partial charge in [-0.15, -0.1) is 0 Å². The normalized spacial score (nSPS) is 24.2. The van der Waals surface area contributed by atoms with Crippen LogP contribution in [0, 0.1) is 5.41 Å². The highest BCUT2D eigenvalue weighted by Gasteiger charge is 2.55. The summed E-state index contributed by atoms with van der Waals surface area (Å²) in [6.07, 6.45) is 9.30. The Morgan fingerprint density at radius 2 is 1.44 bits per heavy atom. The lowest BCUT2D eigenvalue weighted by molar-refractivity contribution is -0.143. The molecule has 0 fully saturated rings. The van der Waals surface area contributed by atoms with E-state index in [-0.39, 0.29) is 23.3 Å². The Kier molecular flexibility index (Phi) is 5.12. The zero-order valence-corrected chi connectivity index (χ0v) is 15.6. The van der Waals surface area contributed by atoms with Gasteiger partial charge in [-0.1, -0.05) is 64.3 Å². The lowest BCUT2D eigenvalue weighted by Crippen LogP contribution is -2.43. The second kappa shape index (κ2) is 7.15. The zero-order chi connectivity index (χ0) is 18.0. The van der Waals surface area contributed by atoms with Crippen LogP contribution in [0.25, 0.3) is 0 Å². The minimum absolute atomic E-state index is 0.0411. The van der Waals surface area contributed by atoms with Crippen molar-refractivity contribution in [2.75, 3.05) is 0 Å². The van der Waals surface area contributed by atoms with Crippen LogP contribution in [0.1, 0.15) is 82.4 Å². The highest BCUT2D eigenvalue weighted by atomic mass is 16.2. The highest BCUT2D eigenvalue weighted by molar-refractivity contribution is 6.13. The molecule has 0 spiro atoms. The maximum atomic E-state index is 12.6. The van der Waals surface area contributed by atoms with Crippen LogP contribution in [-0.2, 0) is 9.59 Å². The van der Waals surface area contributed by atoms with E-state index in [2.05, 4.69) is 39.0 Å². The number of rotatable bonds is 7. The zero-order valence-electron chi connectivity index (χ0n) is 15.6. The van der Waals surface area contributed by atoms with E-state index in [1.165, 1.54) is 23.3 Å². The molecule has 2 atom stereocenters. The molecular weight excluding hydrogens is 310 g/mol. The molecule has 25 heavy (non-hydrogen) atoms. The monoisotopic (exact) mass is 339 g/mol. The molecule has 0 radical (unpaired) electrons. The first-order chi connectivity index (χ1) is 12.1. The summed E-state index contributed by atoms with van der Waals surface area (Å²) in [5, 5.41) is 0. The van der Waals surface area contributed by atoms with E-state index in [1.54, 1.807) is 4.90 Å². The molecule has 0 aromatic heterocycles. The Labute approximate surface area is 151 Å². The number of amides is 2. The molecule has 0 unspecified atom stereocenters. The minimum Gasteiger partial charge on any atom is -0.269 e. The van der Waals surface area contributed by atoms with Crippen molar-refractivity contribution < 1.29 is 9.59 Å². The largest absolute Gasteiger partial charge is 0.269 e. The number of carbonyl (C=O) groups is 2. The van der Waals surface area contributed by atoms with Gasteiger partial charge >= 0.3 is 0 Å². The van der Waals surface area contributed by atoms with Crippen molar-refractivity contribution >= 4 is 11.8 Å². The van der Waals surface area contributed by atoms with Gasteiger partial charge in [0.1, 0.15) is 0 Å². The van der Waals surface area contributed by atoms with Crippen molar-refractivity contribution in [2.45, 2.75) is 71.3 Å². The molecule has 134 valence electrons. The molecule has 1 aromatic carbocycles. The van der Waals surface area contributed by atoms with Crippen molar-refractivity contribution in [3.8, 4) is 0 Å². The molecule has 0 saturated heterocycles. The first-order valence-corrected chi connectivity index (χ1v) is 9.74. The Balaban J connectivity index is 2.19. The average Bonchev–Trinajstić information content (AvgIpc) is 3.05. The lowest BCUT2D eigenvalue weighted by Gasteiger charge is -2.44. The summed E-state index contributed by atoms with van der Waals surface area (Å²) in [6.45, 7) is 6.66. The van der Waals surface area contributed by atoms with Gasteiger partial charge in [0.15, 0.2) is 0 Å².